The summed E-state index contributed by atoms with van der Waals surface area (Å²) in [5, 5.41) is 0. The summed E-state index contributed by atoms with van der Waals surface area (Å²) in [7, 11) is 0. The van der Waals surface area contributed by atoms with Gasteiger partial charge in [-0.15, -0.1) is 0 Å². The summed E-state index contributed by atoms with van der Waals surface area (Å²) in [5.74, 6) is -0.0340. The zero-order valence-corrected chi connectivity index (χ0v) is 10.8. The molecule has 0 radical (unpaired) electrons. The highest BCUT2D eigenvalue weighted by molar-refractivity contribution is 5.78. The number of nitrogens with zero attached hydrogens (tertiary/aromatic N) is 1. The van der Waals surface area contributed by atoms with Gasteiger partial charge in [0, 0.05) is 17.8 Å². The summed E-state index contributed by atoms with van der Waals surface area (Å²) in [6.45, 7) is 6.08. The van der Waals surface area contributed by atoms with Gasteiger partial charge in [-0.2, -0.15) is 0 Å². The smallest absolute Gasteiger partial charge is 0.352 e. The average molecular weight is 261 g/mol. The lowest BCUT2D eigenvalue weighted by atomic mass is 10.0. The Balaban J connectivity index is 2.15. The minimum absolute atomic E-state index is 0.0311. The van der Waals surface area contributed by atoms with Gasteiger partial charge in [-0.3, -0.25) is 4.79 Å². The van der Waals surface area contributed by atoms with E-state index in [2.05, 4.69) is 6.58 Å². The lowest BCUT2D eigenvalue weighted by Gasteiger charge is -2.25. The van der Waals surface area contributed by atoms with E-state index < -0.39 is 12.1 Å². The van der Waals surface area contributed by atoms with Crippen LogP contribution in [0.1, 0.15) is 36.3 Å². The minimum Gasteiger partial charge on any atom is -0.479 e. The topological polar surface area (TPSA) is 57.5 Å². The molecule has 5 heteroatoms. The van der Waals surface area contributed by atoms with Crippen LogP contribution in [0.5, 0.6) is 0 Å². The van der Waals surface area contributed by atoms with Crippen molar-refractivity contribution < 1.29 is 14.3 Å². The maximum Gasteiger partial charge on any atom is 0.352 e. The molecule has 3 heterocycles. The van der Waals surface area contributed by atoms with Crippen molar-refractivity contribution >= 4 is 5.97 Å². The van der Waals surface area contributed by atoms with E-state index in [-0.39, 0.29) is 12.2 Å². The molecule has 0 spiro atoms. The fourth-order valence-corrected chi connectivity index (χ4v) is 2.67. The number of carbonyl (C=O) groups excluding carboxylic acids is 1. The highest BCUT2D eigenvalue weighted by Crippen LogP contribution is 2.30. The van der Waals surface area contributed by atoms with E-state index >= 15 is 0 Å². The third-order valence-electron chi connectivity index (χ3n) is 3.51. The Bertz CT molecular complexity index is 629. The van der Waals surface area contributed by atoms with Crippen LogP contribution >= 0.6 is 0 Å². The number of hydrogen-bond acceptors (Lipinski definition) is 4. The van der Waals surface area contributed by atoms with E-state index in [1.54, 1.807) is 11.5 Å². The van der Waals surface area contributed by atoms with Gasteiger partial charge >= 0.3 is 5.97 Å². The predicted molar refractivity (Wildman–Crippen MR) is 67.5 cm³/mol. The van der Waals surface area contributed by atoms with Gasteiger partial charge in [-0.25, -0.2) is 4.79 Å². The number of aromatic nitrogens is 1. The number of ether oxygens (including phenoxy) is 2. The molecular formula is C14H15NO4. The van der Waals surface area contributed by atoms with Crippen LogP contribution in [-0.4, -0.2) is 10.5 Å². The van der Waals surface area contributed by atoms with E-state index in [4.69, 9.17) is 9.47 Å². The zero-order valence-electron chi connectivity index (χ0n) is 10.8. The van der Waals surface area contributed by atoms with Crippen LogP contribution in [-0.2, 0) is 33.8 Å². The van der Waals surface area contributed by atoms with E-state index in [0.717, 1.165) is 25.1 Å². The molecule has 19 heavy (non-hydrogen) atoms. The second kappa shape index (κ2) is 4.26. The first-order valence-corrected chi connectivity index (χ1v) is 6.32. The fourth-order valence-electron chi connectivity index (χ4n) is 2.67. The number of cyclic esters (lactones) is 1. The molecular weight excluding hydrogens is 246 g/mol. The van der Waals surface area contributed by atoms with Crippen molar-refractivity contribution in [3.63, 3.8) is 0 Å². The molecule has 0 N–H and O–H groups in total. The van der Waals surface area contributed by atoms with E-state index in [0.29, 0.717) is 16.9 Å². The van der Waals surface area contributed by atoms with E-state index in [1.165, 1.54) is 0 Å². The van der Waals surface area contributed by atoms with Crippen LogP contribution in [0.2, 0.25) is 0 Å². The monoisotopic (exact) mass is 261 g/mol. The molecule has 100 valence electrons. The van der Waals surface area contributed by atoms with Crippen LogP contribution < -0.4 is 5.56 Å². The van der Waals surface area contributed by atoms with Gasteiger partial charge in [0.15, 0.2) is 0 Å². The van der Waals surface area contributed by atoms with Gasteiger partial charge in [-0.05, 0) is 25.8 Å². The first kappa shape index (κ1) is 12.0. The molecule has 2 aliphatic heterocycles. The Hall–Kier alpha value is -2.04. The molecule has 0 bridgehead atoms. The summed E-state index contributed by atoms with van der Waals surface area (Å²) in [6.07, 6.45) is 0.955. The molecule has 0 aromatic carbocycles. The minimum atomic E-state index is -0.861. The van der Waals surface area contributed by atoms with Crippen molar-refractivity contribution in [1.29, 1.82) is 0 Å². The number of aryl methyl sites for hydroxylation is 1. The molecule has 0 amide bonds. The Labute approximate surface area is 110 Å². The Morgan fingerprint density at radius 1 is 1.53 bits per heavy atom. The van der Waals surface area contributed by atoms with Crippen LogP contribution in [0.4, 0.5) is 0 Å². The number of pyridine rings is 1. The first-order valence-electron chi connectivity index (χ1n) is 6.32. The maximum atomic E-state index is 12.3. The largest absolute Gasteiger partial charge is 0.479 e. The van der Waals surface area contributed by atoms with Gasteiger partial charge in [0.05, 0.1) is 11.3 Å². The van der Waals surface area contributed by atoms with Crippen molar-refractivity contribution in [2.75, 3.05) is 0 Å². The highest BCUT2D eigenvalue weighted by Gasteiger charge is 2.34. The average Bonchev–Trinajstić information content (AvgIpc) is 2.81. The van der Waals surface area contributed by atoms with Crippen molar-refractivity contribution in [3.8, 4) is 0 Å². The summed E-state index contributed by atoms with van der Waals surface area (Å²) >= 11 is 0. The van der Waals surface area contributed by atoms with Gasteiger partial charge in [0.1, 0.15) is 6.61 Å². The summed E-state index contributed by atoms with van der Waals surface area (Å²) in [4.78, 5) is 24.1. The van der Waals surface area contributed by atoms with Gasteiger partial charge in [0.2, 0.25) is 6.10 Å². The molecule has 0 fully saturated rings. The van der Waals surface area contributed by atoms with Crippen molar-refractivity contribution in [3.05, 3.63) is 45.6 Å². The molecule has 1 aromatic rings. The quantitative estimate of drug-likeness (QED) is 0.597. The van der Waals surface area contributed by atoms with Crippen molar-refractivity contribution in [2.45, 2.75) is 39.0 Å². The van der Waals surface area contributed by atoms with Crippen LogP contribution in [0.15, 0.2) is 23.2 Å². The number of hydrogen-bond donors (Lipinski definition) is 0. The lowest BCUT2D eigenvalue weighted by molar-refractivity contribution is -0.159. The van der Waals surface area contributed by atoms with Gasteiger partial charge < -0.3 is 14.0 Å². The third kappa shape index (κ3) is 1.85. The van der Waals surface area contributed by atoms with Gasteiger partial charge in [0.25, 0.3) is 5.56 Å². The fraction of sp³-hybridized carbons (Fsp3) is 0.429. The standard InChI is InChI=1S/C14H15NO4/c1-8(2)19-12-10-6-9-4-3-5-15(9)13(16)11(10)7-18-14(12)17/h6,12H,1,3-5,7H2,2H3. The zero-order chi connectivity index (χ0) is 13.6. The number of carbonyl (C=O) groups is 1. The summed E-state index contributed by atoms with van der Waals surface area (Å²) in [6, 6.07) is 1.90. The van der Waals surface area contributed by atoms with Crippen molar-refractivity contribution in [1.82, 2.24) is 4.57 Å². The second-order valence-corrected chi connectivity index (χ2v) is 4.94. The first-order chi connectivity index (χ1) is 9.08. The second-order valence-electron chi connectivity index (χ2n) is 4.94. The Morgan fingerprint density at radius 3 is 3.05 bits per heavy atom. The van der Waals surface area contributed by atoms with E-state index in [9.17, 15) is 9.59 Å². The number of fused-ring (bicyclic) bond motifs is 2. The summed E-state index contributed by atoms with van der Waals surface area (Å²) in [5.41, 5.74) is 2.07. The summed E-state index contributed by atoms with van der Waals surface area (Å²) < 4.78 is 12.2. The third-order valence-corrected chi connectivity index (χ3v) is 3.51. The Morgan fingerprint density at radius 2 is 2.32 bits per heavy atom. The number of rotatable bonds is 2. The molecule has 2 aliphatic rings. The molecule has 1 aromatic heterocycles. The molecule has 0 aliphatic carbocycles. The van der Waals surface area contributed by atoms with E-state index in [1.807, 2.05) is 6.07 Å². The van der Waals surface area contributed by atoms with Crippen molar-refractivity contribution in [2.24, 2.45) is 0 Å². The molecule has 1 unspecified atom stereocenters. The number of allylic oxidation sites excluding steroid dienone is 1. The molecule has 0 saturated carbocycles. The molecule has 0 saturated heterocycles. The maximum absolute atomic E-state index is 12.3. The van der Waals surface area contributed by atoms with Crippen LogP contribution in [0.25, 0.3) is 0 Å². The normalized spacial score (nSPS) is 20.5. The number of esters is 1. The Kier molecular flexibility index (Phi) is 2.69. The molecule has 3 rings (SSSR count). The predicted octanol–water partition coefficient (Wildman–Crippen LogP) is 1.44. The lowest BCUT2D eigenvalue weighted by Crippen LogP contribution is -2.33. The highest BCUT2D eigenvalue weighted by atomic mass is 16.6. The van der Waals surface area contributed by atoms with Gasteiger partial charge in [-0.1, -0.05) is 6.58 Å². The van der Waals surface area contributed by atoms with Crippen LogP contribution in [0.3, 0.4) is 0 Å². The van der Waals surface area contributed by atoms with Crippen LogP contribution in [0, 0.1) is 0 Å². The molecule has 5 nitrogen and oxygen atoms in total. The SMILES string of the molecule is C=C(C)OC1C(=O)OCc2c1cc1n(c2=O)CCC1. The molecule has 1 atom stereocenters.